The number of halogens is 1. The van der Waals surface area contributed by atoms with Crippen LogP contribution in [0.1, 0.15) is 24.6 Å². The molecule has 0 saturated carbocycles. The summed E-state index contributed by atoms with van der Waals surface area (Å²) in [6, 6.07) is 4.29. The first-order chi connectivity index (χ1) is 12.4. The molecule has 3 rings (SSSR count). The van der Waals surface area contributed by atoms with Gasteiger partial charge in [0.15, 0.2) is 5.96 Å². The normalized spacial score (nSPS) is 20.6. The molecule has 2 aliphatic heterocycles. The summed E-state index contributed by atoms with van der Waals surface area (Å²) in [5.74, 6) is 1.88. The van der Waals surface area contributed by atoms with E-state index in [2.05, 4.69) is 31.5 Å². The van der Waals surface area contributed by atoms with Crippen LogP contribution in [0.2, 0.25) is 0 Å². The van der Waals surface area contributed by atoms with Gasteiger partial charge in [-0.3, -0.25) is 14.8 Å². The molecule has 8 heteroatoms. The average molecular weight is 477 g/mol. The molecular weight excluding hydrogens is 445 g/mol. The van der Waals surface area contributed by atoms with E-state index in [0.29, 0.717) is 0 Å². The van der Waals surface area contributed by atoms with Gasteiger partial charge in [-0.2, -0.15) is 0 Å². The Morgan fingerprint density at radius 1 is 1.19 bits per heavy atom. The average Bonchev–Trinajstić information content (AvgIpc) is 3.36. The van der Waals surface area contributed by atoms with E-state index in [9.17, 15) is 0 Å². The minimum Gasteiger partial charge on any atom is -0.468 e. The van der Waals surface area contributed by atoms with Gasteiger partial charge < -0.3 is 19.8 Å². The predicted molar refractivity (Wildman–Crippen MR) is 114 cm³/mol. The summed E-state index contributed by atoms with van der Waals surface area (Å²) in [4.78, 5) is 9.26. The van der Waals surface area contributed by atoms with Crippen LogP contribution < -0.4 is 10.6 Å². The second-order valence-electron chi connectivity index (χ2n) is 6.61. The molecular formula is C18H32IN5O2. The van der Waals surface area contributed by atoms with E-state index >= 15 is 0 Å². The molecule has 2 aliphatic rings. The van der Waals surface area contributed by atoms with Crippen molar-refractivity contribution < 1.29 is 9.15 Å². The minimum atomic E-state index is 0. The Balaban J connectivity index is 0.00000243. The number of hydrogen-bond acceptors (Lipinski definition) is 5. The van der Waals surface area contributed by atoms with Crippen molar-refractivity contribution in [2.24, 2.45) is 4.99 Å². The first-order valence-corrected chi connectivity index (χ1v) is 9.39. The smallest absolute Gasteiger partial charge is 0.191 e. The number of rotatable bonds is 7. The van der Waals surface area contributed by atoms with E-state index in [-0.39, 0.29) is 30.0 Å². The van der Waals surface area contributed by atoms with Crippen molar-refractivity contribution in [3.05, 3.63) is 24.2 Å². The van der Waals surface area contributed by atoms with Gasteiger partial charge in [0.1, 0.15) is 5.76 Å². The largest absolute Gasteiger partial charge is 0.468 e. The standard InChI is InChI=1S/C18H31N5O2.HI/c1-19-18(20-6-9-22-10-13-24-14-11-22)21-15-16(17-5-4-12-25-17)23-7-2-3-8-23;/h4-5,12,16H,2-3,6-11,13-15H2,1H3,(H2,19,20,21);1H. The highest BCUT2D eigenvalue weighted by molar-refractivity contribution is 14.0. The molecule has 26 heavy (non-hydrogen) atoms. The lowest BCUT2D eigenvalue weighted by atomic mass is 10.2. The van der Waals surface area contributed by atoms with E-state index < -0.39 is 0 Å². The second kappa shape index (κ2) is 11.8. The van der Waals surface area contributed by atoms with Gasteiger partial charge in [-0.15, -0.1) is 24.0 Å². The van der Waals surface area contributed by atoms with Crippen molar-refractivity contribution in [1.29, 1.82) is 0 Å². The third-order valence-corrected chi connectivity index (χ3v) is 4.96. The van der Waals surface area contributed by atoms with Crippen LogP contribution in [-0.2, 0) is 4.74 Å². The quantitative estimate of drug-likeness (QED) is 0.353. The molecule has 1 aromatic heterocycles. The Labute approximate surface area is 173 Å². The van der Waals surface area contributed by atoms with E-state index in [0.717, 1.165) is 70.7 Å². The summed E-state index contributed by atoms with van der Waals surface area (Å²) in [6.45, 7) is 8.68. The highest BCUT2D eigenvalue weighted by Crippen LogP contribution is 2.24. The maximum Gasteiger partial charge on any atom is 0.191 e. The van der Waals surface area contributed by atoms with E-state index in [1.165, 1.54) is 12.8 Å². The zero-order valence-electron chi connectivity index (χ0n) is 15.7. The summed E-state index contributed by atoms with van der Waals surface area (Å²) in [5.41, 5.74) is 0. The van der Waals surface area contributed by atoms with Crippen molar-refractivity contribution in [2.45, 2.75) is 18.9 Å². The first-order valence-electron chi connectivity index (χ1n) is 9.39. The number of ether oxygens (including phenoxy) is 1. The van der Waals surface area contributed by atoms with Gasteiger partial charge in [0.2, 0.25) is 0 Å². The Hall–Kier alpha value is -0.840. The number of nitrogens with zero attached hydrogens (tertiary/aromatic N) is 3. The second-order valence-corrected chi connectivity index (χ2v) is 6.61. The molecule has 148 valence electrons. The van der Waals surface area contributed by atoms with Crippen molar-refractivity contribution in [1.82, 2.24) is 20.4 Å². The molecule has 1 unspecified atom stereocenters. The van der Waals surface area contributed by atoms with Crippen molar-refractivity contribution >= 4 is 29.9 Å². The number of furan rings is 1. The molecule has 2 fully saturated rings. The lowest BCUT2D eigenvalue weighted by Crippen LogP contribution is -2.46. The molecule has 7 nitrogen and oxygen atoms in total. The number of morpholine rings is 1. The van der Waals surface area contributed by atoms with Crippen LogP contribution in [0.15, 0.2) is 27.8 Å². The molecule has 0 radical (unpaired) electrons. The third kappa shape index (κ3) is 6.40. The highest BCUT2D eigenvalue weighted by atomic mass is 127. The number of likely N-dealkylation sites (tertiary alicyclic amines) is 1. The molecule has 3 heterocycles. The van der Waals surface area contributed by atoms with Crippen molar-refractivity contribution in [2.75, 3.05) is 66.1 Å². The van der Waals surface area contributed by atoms with Gasteiger partial charge in [-0.1, -0.05) is 0 Å². The number of guanidine groups is 1. The van der Waals surface area contributed by atoms with Crippen LogP contribution in [0.5, 0.6) is 0 Å². The van der Waals surface area contributed by atoms with Gasteiger partial charge in [0, 0.05) is 39.8 Å². The highest BCUT2D eigenvalue weighted by Gasteiger charge is 2.25. The monoisotopic (exact) mass is 477 g/mol. The first kappa shape index (κ1) is 21.5. The van der Waals surface area contributed by atoms with Gasteiger partial charge in [-0.05, 0) is 38.1 Å². The Bertz CT molecular complexity index is 514. The molecule has 0 spiro atoms. The van der Waals surface area contributed by atoms with Gasteiger partial charge >= 0.3 is 0 Å². The lowest BCUT2D eigenvalue weighted by Gasteiger charge is -2.28. The summed E-state index contributed by atoms with van der Waals surface area (Å²) in [6.07, 6.45) is 4.29. The third-order valence-electron chi connectivity index (χ3n) is 4.96. The predicted octanol–water partition coefficient (Wildman–Crippen LogP) is 1.53. The van der Waals surface area contributed by atoms with Gasteiger partial charge in [0.25, 0.3) is 0 Å². The molecule has 2 N–H and O–H groups in total. The number of nitrogens with one attached hydrogen (secondary N) is 2. The lowest BCUT2D eigenvalue weighted by molar-refractivity contribution is 0.0389. The zero-order valence-corrected chi connectivity index (χ0v) is 18.0. The fourth-order valence-electron chi connectivity index (χ4n) is 3.51. The van der Waals surface area contributed by atoms with Crippen LogP contribution in [0.4, 0.5) is 0 Å². The fraction of sp³-hybridized carbons (Fsp3) is 0.722. The van der Waals surface area contributed by atoms with Crippen molar-refractivity contribution in [3.63, 3.8) is 0 Å². The Morgan fingerprint density at radius 3 is 2.62 bits per heavy atom. The SMILES string of the molecule is CN=C(NCCN1CCOCC1)NCC(c1ccco1)N1CCCC1.I. The van der Waals surface area contributed by atoms with Crippen LogP contribution >= 0.6 is 24.0 Å². The summed E-state index contributed by atoms with van der Waals surface area (Å²) < 4.78 is 11.1. The van der Waals surface area contributed by atoms with Gasteiger partial charge in [0.05, 0.1) is 25.5 Å². The van der Waals surface area contributed by atoms with E-state index in [4.69, 9.17) is 9.15 Å². The van der Waals surface area contributed by atoms with Gasteiger partial charge in [-0.25, -0.2) is 0 Å². The summed E-state index contributed by atoms with van der Waals surface area (Å²) >= 11 is 0. The number of aliphatic imine (C=N–C) groups is 1. The van der Waals surface area contributed by atoms with Crippen LogP contribution in [-0.4, -0.2) is 81.8 Å². The van der Waals surface area contributed by atoms with Crippen LogP contribution in [0.3, 0.4) is 0 Å². The summed E-state index contributed by atoms with van der Waals surface area (Å²) in [7, 11) is 1.82. The molecule has 0 amide bonds. The topological polar surface area (TPSA) is 65.3 Å². The maximum atomic E-state index is 5.67. The molecule has 0 aliphatic carbocycles. The van der Waals surface area contributed by atoms with E-state index in [1.54, 1.807) is 6.26 Å². The molecule has 1 atom stereocenters. The molecule has 0 bridgehead atoms. The maximum absolute atomic E-state index is 5.67. The molecule has 2 saturated heterocycles. The summed E-state index contributed by atoms with van der Waals surface area (Å²) in [5, 5.41) is 6.88. The van der Waals surface area contributed by atoms with Crippen molar-refractivity contribution in [3.8, 4) is 0 Å². The molecule has 1 aromatic rings. The minimum absolute atomic E-state index is 0. The van der Waals surface area contributed by atoms with E-state index in [1.807, 2.05) is 13.1 Å². The van der Waals surface area contributed by atoms with Crippen LogP contribution in [0, 0.1) is 0 Å². The number of hydrogen-bond donors (Lipinski definition) is 2. The Morgan fingerprint density at radius 2 is 1.96 bits per heavy atom. The Kier molecular flexibility index (Phi) is 9.73. The zero-order chi connectivity index (χ0) is 17.3. The fourth-order valence-corrected chi connectivity index (χ4v) is 3.51. The van der Waals surface area contributed by atoms with Crippen LogP contribution in [0.25, 0.3) is 0 Å². The molecule has 0 aromatic carbocycles.